The molecule has 1 saturated heterocycles. The van der Waals surface area contributed by atoms with Gasteiger partial charge in [-0.1, -0.05) is 12.1 Å². The van der Waals surface area contributed by atoms with Crippen molar-refractivity contribution < 1.29 is 0 Å². The van der Waals surface area contributed by atoms with Crippen LogP contribution in [0.25, 0.3) is 0 Å². The summed E-state index contributed by atoms with van der Waals surface area (Å²) >= 11 is 4.26. The molecule has 2 rings (SSSR count). The highest BCUT2D eigenvalue weighted by molar-refractivity contribution is 7.79. The van der Waals surface area contributed by atoms with Crippen LogP contribution in [0.2, 0.25) is 0 Å². The Hall–Kier alpha value is -0.670. The molecule has 1 fully saturated rings. The molecule has 15 heavy (non-hydrogen) atoms. The van der Waals surface area contributed by atoms with Crippen LogP contribution in [0.15, 0.2) is 24.3 Å². The summed E-state index contributed by atoms with van der Waals surface area (Å²) < 4.78 is 0. The van der Waals surface area contributed by atoms with Crippen LogP contribution in [0.5, 0.6) is 0 Å². The highest BCUT2D eigenvalue weighted by Gasteiger charge is 2.13. The van der Waals surface area contributed by atoms with E-state index in [0.29, 0.717) is 0 Å². The molecule has 0 bridgehead atoms. The van der Waals surface area contributed by atoms with Crippen molar-refractivity contribution in [1.82, 2.24) is 4.90 Å². The fourth-order valence-electron chi connectivity index (χ4n) is 1.88. The largest absolute Gasteiger partial charge is 0.369 e. The number of likely N-dealkylation sites (N-methyl/N-ethyl adjacent to an activating group) is 1. The van der Waals surface area contributed by atoms with E-state index in [1.165, 1.54) is 11.3 Å². The van der Waals surface area contributed by atoms with Crippen LogP contribution in [0.4, 0.5) is 5.69 Å². The molecule has 0 atom stereocenters. The van der Waals surface area contributed by atoms with Crippen LogP contribution in [0.1, 0.15) is 5.56 Å². The number of rotatable bonds is 2. The molecule has 0 aromatic heterocycles. The van der Waals surface area contributed by atoms with Gasteiger partial charge >= 0.3 is 0 Å². The number of piperazine rings is 1. The summed E-state index contributed by atoms with van der Waals surface area (Å²) in [6.45, 7) is 4.59. The lowest BCUT2D eigenvalue weighted by Gasteiger charge is -2.34. The van der Waals surface area contributed by atoms with Crippen molar-refractivity contribution in [2.24, 2.45) is 0 Å². The maximum atomic E-state index is 4.26. The van der Waals surface area contributed by atoms with Crippen LogP contribution < -0.4 is 4.90 Å². The second-order valence-electron chi connectivity index (χ2n) is 4.11. The summed E-state index contributed by atoms with van der Waals surface area (Å²) in [6.07, 6.45) is 0. The van der Waals surface area contributed by atoms with E-state index >= 15 is 0 Å². The Bertz CT molecular complexity index is 302. The third-order valence-corrected chi connectivity index (χ3v) is 3.35. The normalized spacial score (nSPS) is 18.1. The third kappa shape index (κ3) is 2.67. The van der Waals surface area contributed by atoms with E-state index in [0.717, 1.165) is 31.9 Å². The monoisotopic (exact) mass is 222 g/mol. The molecule has 0 saturated carbocycles. The van der Waals surface area contributed by atoms with Crippen LogP contribution >= 0.6 is 12.6 Å². The zero-order valence-electron chi connectivity index (χ0n) is 9.19. The molecule has 0 unspecified atom stereocenters. The van der Waals surface area contributed by atoms with E-state index in [1.54, 1.807) is 0 Å². The molecule has 82 valence electrons. The minimum atomic E-state index is 0.822. The quantitative estimate of drug-likeness (QED) is 0.763. The van der Waals surface area contributed by atoms with E-state index in [1.807, 2.05) is 0 Å². The Morgan fingerprint density at radius 1 is 1.07 bits per heavy atom. The molecule has 1 aromatic rings. The smallest absolute Gasteiger partial charge is 0.0367 e. The average molecular weight is 222 g/mol. The Morgan fingerprint density at radius 2 is 1.67 bits per heavy atom. The molecule has 0 aliphatic carbocycles. The Balaban J connectivity index is 2.03. The fraction of sp³-hybridized carbons (Fsp3) is 0.500. The van der Waals surface area contributed by atoms with Gasteiger partial charge in [-0.25, -0.2) is 0 Å². The van der Waals surface area contributed by atoms with Crippen LogP contribution in [0, 0.1) is 0 Å². The molecule has 1 aliphatic heterocycles. The highest BCUT2D eigenvalue weighted by atomic mass is 32.1. The maximum absolute atomic E-state index is 4.26. The van der Waals surface area contributed by atoms with Gasteiger partial charge in [0.1, 0.15) is 0 Å². The number of thiol groups is 1. The van der Waals surface area contributed by atoms with Gasteiger partial charge in [0.05, 0.1) is 0 Å². The van der Waals surface area contributed by atoms with Gasteiger partial charge in [0.15, 0.2) is 0 Å². The number of nitrogens with zero attached hydrogens (tertiary/aromatic N) is 2. The molecule has 1 aromatic carbocycles. The van der Waals surface area contributed by atoms with E-state index in [4.69, 9.17) is 0 Å². The Morgan fingerprint density at radius 3 is 2.20 bits per heavy atom. The number of hydrogen-bond acceptors (Lipinski definition) is 3. The molecule has 2 nitrogen and oxygen atoms in total. The van der Waals surface area contributed by atoms with Crippen LogP contribution in [0.3, 0.4) is 0 Å². The van der Waals surface area contributed by atoms with Crippen molar-refractivity contribution in [2.75, 3.05) is 38.1 Å². The first-order valence-corrected chi connectivity index (χ1v) is 6.06. The minimum absolute atomic E-state index is 0.822. The van der Waals surface area contributed by atoms with Crippen molar-refractivity contribution in [3.8, 4) is 0 Å². The second kappa shape index (κ2) is 4.90. The first kappa shape index (κ1) is 10.8. The lowest BCUT2D eigenvalue weighted by molar-refractivity contribution is 0.313. The first-order chi connectivity index (χ1) is 7.29. The molecule has 3 heteroatoms. The second-order valence-corrected chi connectivity index (χ2v) is 4.43. The molecule has 1 heterocycles. The maximum Gasteiger partial charge on any atom is 0.0367 e. The summed E-state index contributed by atoms with van der Waals surface area (Å²) in [6, 6.07) is 8.75. The van der Waals surface area contributed by atoms with Crippen molar-refractivity contribution in [2.45, 2.75) is 5.75 Å². The molecule has 0 amide bonds. The number of anilines is 1. The molecular weight excluding hydrogens is 204 g/mol. The van der Waals surface area contributed by atoms with Crippen molar-refractivity contribution in [1.29, 1.82) is 0 Å². The van der Waals surface area contributed by atoms with Gasteiger partial charge in [-0.2, -0.15) is 12.6 Å². The van der Waals surface area contributed by atoms with Gasteiger partial charge in [0.2, 0.25) is 0 Å². The van der Waals surface area contributed by atoms with E-state index in [2.05, 4.69) is 53.7 Å². The minimum Gasteiger partial charge on any atom is -0.369 e. The lowest BCUT2D eigenvalue weighted by Crippen LogP contribution is -2.44. The van der Waals surface area contributed by atoms with Gasteiger partial charge in [-0.15, -0.1) is 0 Å². The summed E-state index contributed by atoms with van der Waals surface area (Å²) in [4.78, 5) is 4.82. The van der Waals surface area contributed by atoms with Crippen molar-refractivity contribution in [3.63, 3.8) is 0 Å². The van der Waals surface area contributed by atoms with E-state index in [9.17, 15) is 0 Å². The lowest BCUT2D eigenvalue weighted by atomic mass is 10.2. The first-order valence-electron chi connectivity index (χ1n) is 5.43. The summed E-state index contributed by atoms with van der Waals surface area (Å²) in [7, 11) is 2.18. The van der Waals surface area contributed by atoms with Crippen LogP contribution in [-0.4, -0.2) is 38.1 Å². The SMILES string of the molecule is CN1CCN(c2ccc(CS)cc2)CC1. The van der Waals surface area contributed by atoms with Gasteiger partial charge in [0.25, 0.3) is 0 Å². The number of benzene rings is 1. The summed E-state index contributed by atoms with van der Waals surface area (Å²) in [5.41, 5.74) is 2.63. The predicted molar refractivity (Wildman–Crippen MR) is 68.8 cm³/mol. The van der Waals surface area contributed by atoms with Gasteiger partial charge in [0, 0.05) is 37.6 Å². The zero-order valence-corrected chi connectivity index (χ0v) is 10.1. The van der Waals surface area contributed by atoms with E-state index in [-0.39, 0.29) is 0 Å². The standard InChI is InChI=1S/C12H18N2S/c1-13-6-8-14(9-7-13)12-4-2-11(10-15)3-5-12/h2-5,15H,6-10H2,1H3. The molecule has 0 spiro atoms. The molecule has 0 radical (unpaired) electrons. The van der Waals surface area contributed by atoms with E-state index < -0.39 is 0 Å². The average Bonchev–Trinajstić information content (AvgIpc) is 2.30. The van der Waals surface area contributed by atoms with Gasteiger partial charge in [-0.05, 0) is 24.7 Å². The zero-order chi connectivity index (χ0) is 10.7. The van der Waals surface area contributed by atoms with Gasteiger partial charge < -0.3 is 9.80 Å². The highest BCUT2D eigenvalue weighted by Crippen LogP contribution is 2.17. The van der Waals surface area contributed by atoms with Crippen molar-refractivity contribution in [3.05, 3.63) is 29.8 Å². The Kier molecular flexibility index (Phi) is 3.54. The third-order valence-electron chi connectivity index (χ3n) is 2.99. The summed E-state index contributed by atoms with van der Waals surface area (Å²) in [5.74, 6) is 0.822. The number of hydrogen-bond donors (Lipinski definition) is 1. The van der Waals surface area contributed by atoms with Crippen LogP contribution in [-0.2, 0) is 5.75 Å². The molecule has 0 N–H and O–H groups in total. The Labute approximate surface area is 97.3 Å². The predicted octanol–water partition coefficient (Wildman–Crippen LogP) is 1.87. The van der Waals surface area contributed by atoms with Gasteiger partial charge in [-0.3, -0.25) is 0 Å². The molecule has 1 aliphatic rings. The topological polar surface area (TPSA) is 6.48 Å². The van der Waals surface area contributed by atoms with Crippen molar-refractivity contribution >= 4 is 18.3 Å². The molecular formula is C12H18N2S. The fourth-order valence-corrected chi connectivity index (χ4v) is 2.09. The summed E-state index contributed by atoms with van der Waals surface area (Å²) in [5, 5.41) is 0.